The molecule has 3 aromatic rings. The van der Waals surface area contributed by atoms with Crippen molar-refractivity contribution in [3.63, 3.8) is 0 Å². The van der Waals surface area contributed by atoms with Crippen molar-refractivity contribution in [1.82, 2.24) is 42.2 Å². The third kappa shape index (κ3) is 16.3. The van der Waals surface area contributed by atoms with Gasteiger partial charge in [0.2, 0.25) is 29.5 Å². The van der Waals surface area contributed by atoms with E-state index in [1.165, 1.54) is 18.3 Å². The highest BCUT2D eigenvalue weighted by Crippen LogP contribution is 2.20. The van der Waals surface area contributed by atoms with Crippen LogP contribution < -0.4 is 53.0 Å². The fourth-order valence-corrected chi connectivity index (χ4v) is 7.89. The predicted molar refractivity (Wildman–Crippen MR) is 230 cm³/mol. The summed E-state index contributed by atoms with van der Waals surface area (Å²) in [5.41, 5.74) is 6.52. The third-order valence-electron chi connectivity index (χ3n) is 8.90. The number of sulfonamides is 1. The minimum absolute atomic E-state index is 0.0247. The average Bonchev–Trinajstić information content (AvgIpc) is 3.72. The first kappa shape index (κ1) is 47.3. The highest BCUT2D eigenvalue weighted by molar-refractivity contribution is 7.93. The van der Waals surface area contributed by atoms with Crippen LogP contribution in [0, 0.1) is 5.41 Å². The SMILES string of the molecule is N=C(N)NCCC[C@@H]1NC(=O)[C@H](CCCCNC(=S)Nc2ccc(S(=O)(=O)Nc3nccs3)cc2)NC(=O)[C@@H](Cc2ccccc2)NC(=O)[C@H](CC(=O)O)NC(=O)CNC1=O. The Bertz CT molecular complexity index is 2130. The Morgan fingerprint density at radius 2 is 1.46 bits per heavy atom. The molecule has 21 nitrogen and oxygen atoms in total. The van der Waals surface area contributed by atoms with Gasteiger partial charge in [0.25, 0.3) is 10.0 Å². The summed E-state index contributed by atoms with van der Waals surface area (Å²) in [5.74, 6) is -5.82. The number of unbranched alkanes of at least 4 members (excludes halogenated alkanes) is 1. The number of aromatic nitrogens is 1. The van der Waals surface area contributed by atoms with Crippen LogP contribution in [0.2, 0.25) is 0 Å². The molecule has 4 atom stereocenters. The molecule has 5 amide bonds. The number of thiocarbonyl (C=S) groups is 1. The van der Waals surface area contributed by atoms with E-state index < -0.39 is 82.7 Å². The molecule has 1 aromatic heterocycles. The van der Waals surface area contributed by atoms with Crippen molar-refractivity contribution >= 4 is 91.0 Å². The van der Waals surface area contributed by atoms with Gasteiger partial charge in [-0.25, -0.2) is 13.4 Å². The molecule has 1 aliphatic rings. The molecule has 0 spiro atoms. The molecule has 13 N–H and O–H groups in total. The van der Waals surface area contributed by atoms with Crippen molar-refractivity contribution in [2.75, 3.05) is 29.7 Å². The van der Waals surface area contributed by atoms with Gasteiger partial charge in [0.15, 0.2) is 16.2 Å². The van der Waals surface area contributed by atoms with Gasteiger partial charge in [-0.3, -0.25) is 38.9 Å². The highest BCUT2D eigenvalue weighted by Gasteiger charge is 2.33. The Morgan fingerprint density at radius 1 is 0.836 bits per heavy atom. The van der Waals surface area contributed by atoms with Crippen LogP contribution >= 0.6 is 23.6 Å². The summed E-state index contributed by atoms with van der Waals surface area (Å²) in [4.78, 5) is 83.1. The fraction of sp³-hybridized carbons (Fsp3) is 0.378. The molecule has 0 bridgehead atoms. The van der Waals surface area contributed by atoms with Crippen LogP contribution in [0.4, 0.5) is 10.8 Å². The van der Waals surface area contributed by atoms with Crippen molar-refractivity contribution in [1.29, 1.82) is 5.41 Å². The van der Waals surface area contributed by atoms with E-state index in [1.54, 1.807) is 47.8 Å². The number of benzene rings is 2. The van der Waals surface area contributed by atoms with Gasteiger partial charge in [0.1, 0.15) is 24.2 Å². The van der Waals surface area contributed by atoms with Crippen LogP contribution in [0.15, 0.2) is 71.1 Å². The second-order valence-electron chi connectivity index (χ2n) is 13.6. The van der Waals surface area contributed by atoms with Crippen molar-refractivity contribution < 1.29 is 42.3 Å². The number of hydrogen-bond acceptors (Lipinski definition) is 12. The molecule has 0 radical (unpaired) electrons. The molecule has 1 fully saturated rings. The van der Waals surface area contributed by atoms with E-state index in [-0.39, 0.29) is 53.3 Å². The number of guanidine groups is 1. The number of nitrogens with zero attached hydrogens (tertiary/aromatic N) is 1. The first-order valence-electron chi connectivity index (χ1n) is 19.0. The van der Waals surface area contributed by atoms with Gasteiger partial charge in [0.05, 0.1) is 17.9 Å². The highest BCUT2D eigenvalue weighted by atomic mass is 32.2. The summed E-state index contributed by atoms with van der Waals surface area (Å²) in [6.45, 7) is -0.147. The number of nitrogens with one attached hydrogen (secondary N) is 10. The Morgan fingerprint density at radius 3 is 2.11 bits per heavy atom. The van der Waals surface area contributed by atoms with E-state index in [0.717, 1.165) is 11.3 Å². The lowest BCUT2D eigenvalue weighted by Crippen LogP contribution is -2.58. The number of carbonyl (C=O) groups is 6. The molecular formula is C37H48N12O9S3. The number of carboxylic acid groups (broad SMARTS) is 1. The van der Waals surface area contributed by atoms with Crippen molar-refractivity contribution in [2.24, 2.45) is 5.73 Å². The van der Waals surface area contributed by atoms with E-state index in [0.29, 0.717) is 30.6 Å². The van der Waals surface area contributed by atoms with Crippen molar-refractivity contribution in [2.45, 2.75) is 74.0 Å². The standard InChI is InChI=1S/C37H48N12O9S3/c38-35(39)40-16-6-10-25-31(53)43-21-29(50)45-28(20-30(51)52)34(56)48-27(19-22-7-2-1-3-8-22)33(55)47-26(32(54)46-25)9-4-5-15-41-36(59)44-23-11-13-24(14-12-23)61(57,58)49-37-42-17-18-60-37/h1-3,7-8,11-14,17-18,25-28H,4-6,9-10,15-16,19-21H2,(H,42,49)(H,43,53)(H,45,50)(H,46,54)(H,47,55)(H,48,56)(H,51,52)(H4,38,39,40)(H2,41,44,59)/t25-,26-,27+,28-/m0/s1. The second kappa shape index (κ2) is 23.4. The lowest BCUT2D eigenvalue weighted by Gasteiger charge is -2.26. The van der Waals surface area contributed by atoms with Crippen LogP contribution in [-0.2, 0) is 45.2 Å². The fourth-order valence-electron chi connectivity index (χ4n) is 5.88. The monoisotopic (exact) mass is 900 g/mol. The number of carboxylic acids is 1. The van der Waals surface area contributed by atoms with E-state index in [4.69, 9.17) is 23.4 Å². The van der Waals surface area contributed by atoms with Crippen LogP contribution in [0.3, 0.4) is 0 Å². The Kier molecular flexibility index (Phi) is 18.1. The summed E-state index contributed by atoms with van der Waals surface area (Å²) in [5, 5.41) is 40.2. The van der Waals surface area contributed by atoms with E-state index >= 15 is 0 Å². The zero-order valence-electron chi connectivity index (χ0n) is 32.7. The van der Waals surface area contributed by atoms with Gasteiger partial charge >= 0.3 is 5.97 Å². The number of nitrogens with two attached hydrogens (primary N) is 1. The van der Waals surface area contributed by atoms with E-state index in [9.17, 15) is 42.3 Å². The van der Waals surface area contributed by atoms with E-state index in [1.807, 2.05) is 0 Å². The first-order valence-corrected chi connectivity index (χ1v) is 21.8. The third-order valence-corrected chi connectivity index (χ3v) is 11.3. The van der Waals surface area contributed by atoms with E-state index in [2.05, 4.69) is 52.2 Å². The van der Waals surface area contributed by atoms with Crippen LogP contribution in [0.1, 0.15) is 44.1 Å². The largest absolute Gasteiger partial charge is 0.481 e. The van der Waals surface area contributed by atoms with Gasteiger partial charge in [-0.1, -0.05) is 30.3 Å². The quantitative estimate of drug-likeness (QED) is 0.0350. The predicted octanol–water partition coefficient (Wildman–Crippen LogP) is -0.550. The normalized spacial score (nSPS) is 19.0. The topological polar surface area (TPSA) is 328 Å². The lowest BCUT2D eigenvalue weighted by atomic mass is 10.0. The number of hydrogen-bond donors (Lipinski definition) is 12. The maximum Gasteiger partial charge on any atom is 0.305 e. The summed E-state index contributed by atoms with van der Waals surface area (Å²) in [6.07, 6.45) is 1.76. The molecule has 0 unspecified atom stereocenters. The maximum absolute atomic E-state index is 14.0. The van der Waals surface area contributed by atoms with Gasteiger partial charge in [-0.05, 0) is 74.2 Å². The van der Waals surface area contributed by atoms with Crippen molar-refractivity contribution in [3.05, 3.63) is 71.7 Å². The number of carbonyl (C=O) groups excluding carboxylic acids is 5. The Labute approximate surface area is 360 Å². The Balaban J connectivity index is 1.46. The molecule has 4 rings (SSSR count). The first-order chi connectivity index (χ1) is 29.1. The van der Waals surface area contributed by atoms with Gasteiger partial charge in [-0.15, -0.1) is 11.3 Å². The molecule has 2 aromatic carbocycles. The molecule has 24 heteroatoms. The smallest absolute Gasteiger partial charge is 0.305 e. The molecule has 0 saturated carbocycles. The average molecular weight is 901 g/mol. The maximum atomic E-state index is 14.0. The summed E-state index contributed by atoms with van der Waals surface area (Å²) < 4.78 is 27.7. The van der Waals surface area contributed by atoms with Crippen LogP contribution in [-0.4, -0.2) is 109 Å². The summed E-state index contributed by atoms with van der Waals surface area (Å²) in [6, 6.07) is 9.19. The number of rotatable bonds is 17. The summed E-state index contributed by atoms with van der Waals surface area (Å²) in [7, 11) is -3.84. The molecule has 1 saturated heterocycles. The number of amides is 5. The number of thiazole rings is 1. The van der Waals surface area contributed by atoms with Crippen LogP contribution in [0.5, 0.6) is 0 Å². The van der Waals surface area contributed by atoms with Gasteiger partial charge < -0.3 is 53.4 Å². The molecule has 0 aliphatic carbocycles. The Hall–Kier alpha value is -6.40. The summed E-state index contributed by atoms with van der Waals surface area (Å²) >= 11 is 6.55. The van der Waals surface area contributed by atoms with Crippen LogP contribution in [0.25, 0.3) is 0 Å². The minimum atomic E-state index is -3.84. The zero-order chi connectivity index (χ0) is 44.4. The van der Waals surface area contributed by atoms with Gasteiger partial charge in [-0.2, -0.15) is 0 Å². The van der Waals surface area contributed by atoms with Crippen molar-refractivity contribution in [3.8, 4) is 0 Å². The van der Waals surface area contributed by atoms with Gasteiger partial charge in [0, 0.05) is 36.8 Å². The molecule has 2 heterocycles. The molecule has 328 valence electrons. The lowest BCUT2D eigenvalue weighted by molar-refractivity contribution is -0.141. The number of aliphatic carboxylic acids is 1. The zero-order valence-corrected chi connectivity index (χ0v) is 35.1. The minimum Gasteiger partial charge on any atom is -0.481 e. The molecule has 61 heavy (non-hydrogen) atoms. The second-order valence-corrected chi connectivity index (χ2v) is 16.6. The number of anilines is 2. The molecule has 1 aliphatic heterocycles. The molecular weight excluding hydrogens is 853 g/mol.